The highest BCUT2D eigenvalue weighted by Gasteiger charge is 2.13. The quantitative estimate of drug-likeness (QED) is 0.733. The monoisotopic (exact) mass is 291 g/mol. The third kappa shape index (κ3) is 4.03. The summed E-state index contributed by atoms with van der Waals surface area (Å²) >= 11 is 0. The average Bonchev–Trinajstić information content (AvgIpc) is 2.37. The molecule has 1 heterocycles. The van der Waals surface area contributed by atoms with E-state index in [2.05, 4.69) is 15.3 Å². The summed E-state index contributed by atoms with van der Waals surface area (Å²) in [5.41, 5.74) is -0.406. The number of carbonyl (C=O) groups is 1. The minimum Gasteiger partial charge on any atom is -0.366 e. The number of nitrogens with one attached hydrogen (secondary N) is 3. The van der Waals surface area contributed by atoms with Gasteiger partial charge in [-0.3, -0.25) is 14.4 Å². The number of aromatic nitrogens is 2. The molecule has 0 saturated heterocycles. The summed E-state index contributed by atoms with van der Waals surface area (Å²) in [5.74, 6) is -0.295. The molecule has 21 heavy (non-hydrogen) atoms. The minimum absolute atomic E-state index is 0.0658. The summed E-state index contributed by atoms with van der Waals surface area (Å²) in [6.07, 6.45) is 0. The fraction of sp³-hybridized carbons (Fsp3) is 0.357. The van der Waals surface area contributed by atoms with Gasteiger partial charge in [0.15, 0.2) is 0 Å². The topological polar surface area (TPSA) is 104 Å². The van der Waals surface area contributed by atoms with Gasteiger partial charge in [0.2, 0.25) is 5.91 Å². The molecular formula is C14H17N3O4. The van der Waals surface area contributed by atoms with Crippen molar-refractivity contribution in [3.05, 3.63) is 38.9 Å². The van der Waals surface area contributed by atoms with Crippen LogP contribution in [0.15, 0.2) is 27.8 Å². The molecule has 3 N–H and O–H groups in total. The molecular weight excluding hydrogens is 274 g/mol. The van der Waals surface area contributed by atoms with Crippen molar-refractivity contribution >= 4 is 22.6 Å². The van der Waals surface area contributed by atoms with Crippen LogP contribution in [0.5, 0.6) is 0 Å². The van der Waals surface area contributed by atoms with Crippen LogP contribution in [0.2, 0.25) is 0 Å². The van der Waals surface area contributed by atoms with E-state index in [0.29, 0.717) is 16.7 Å². The maximum absolute atomic E-state index is 11.8. The second kappa shape index (κ2) is 5.53. The van der Waals surface area contributed by atoms with Crippen LogP contribution in [0.25, 0.3) is 11.0 Å². The van der Waals surface area contributed by atoms with Gasteiger partial charge in [0.05, 0.1) is 16.6 Å². The van der Waals surface area contributed by atoms with Crippen molar-refractivity contribution in [2.75, 3.05) is 11.9 Å². The predicted molar refractivity (Wildman–Crippen MR) is 79.5 cm³/mol. The van der Waals surface area contributed by atoms with Gasteiger partial charge >= 0.3 is 11.1 Å². The molecule has 2 rings (SSSR count). The fourth-order valence-electron chi connectivity index (χ4n) is 1.67. The predicted octanol–water partition coefficient (Wildman–Crippen LogP) is 0.970. The Morgan fingerprint density at radius 2 is 1.76 bits per heavy atom. The summed E-state index contributed by atoms with van der Waals surface area (Å²) in [5, 5.41) is 2.66. The fourth-order valence-corrected chi connectivity index (χ4v) is 1.67. The number of amides is 1. The van der Waals surface area contributed by atoms with E-state index in [4.69, 9.17) is 4.74 Å². The molecule has 2 aromatic rings. The number of carbonyl (C=O) groups excluding carboxylic acids is 1. The van der Waals surface area contributed by atoms with Gasteiger partial charge in [0, 0.05) is 5.69 Å². The van der Waals surface area contributed by atoms with Gasteiger partial charge in [0.1, 0.15) is 6.61 Å². The molecule has 0 aliphatic carbocycles. The van der Waals surface area contributed by atoms with Crippen LogP contribution in [-0.4, -0.2) is 28.1 Å². The van der Waals surface area contributed by atoms with Crippen molar-refractivity contribution in [1.29, 1.82) is 0 Å². The summed E-state index contributed by atoms with van der Waals surface area (Å²) < 4.78 is 5.37. The van der Waals surface area contributed by atoms with Gasteiger partial charge in [-0.25, -0.2) is 0 Å². The molecule has 0 aliphatic rings. The van der Waals surface area contributed by atoms with Gasteiger partial charge in [-0.2, -0.15) is 0 Å². The molecule has 1 aromatic heterocycles. The Morgan fingerprint density at radius 1 is 1.14 bits per heavy atom. The maximum Gasteiger partial charge on any atom is 0.314 e. The van der Waals surface area contributed by atoms with Crippen molar-refractivity contribution in [3.63, 3.8) is 0 Å². The standard InChI is InChI=1S/C14H17N3O4/c1-14(2,3)21-7-11(18)15-8-4-5-9-10(6-8)17-13(20)12(19)16-9/h4-6H,7H2,1-3H3,(H,15,18)(H,16,19)(H,17,20). The lowest BCUT2D eigenvalue weighted by Gasteiger charge is -2.19. The lowest BCUT2D eigenvalue weighted by molar-refractivity contribution is -0.125. The summed E-state index contributed by atoms with van der Waals surface area (Å²) in [6, 6.07) is 4.81. The Labute approximate surface area is 120 Å². The largest absolute Gasteiger partial charge is 0.366 e. The Balaban J connectivity index is 2.16. The Bertz CT molecular complexity index is 783. The van der Waals surface area contributed by atoms with E-state index in [0.717, 1.165) is 0 Å². The van der Waals surface area contributed by atoms with Crippen LogP contribution in [0.3, 0.4) is 0 Å². The smallest absolute Gasteiger partial charge is 0.314 e. The van der Waals surface area contributed by atoms with Crippen molar-refractivity contribution < 1.29 is 9.53 Å². The van der Waals surface area contributed by atoms with Crippen LogP contribution in [0, 0.1) is 0 Å². The van der Waals surface area contributed by atoms with Crippen LogP contribution < -0.4 is 16.4 Å². The van der Waals surface area contributed by atoms with Crippen LogP contribution in [0.4, 0.5) is 5.69 Å². The average molecular weight is 291 g/mol. The van der Waals surface area contributed by atoms with Gasteiger partial charge in [-0.1, -0.05) is 0 Å². The Morgan fingerprint density at radius 3 is 2.38 bits per heavy atom. The first-order valence-electron chi connectivity index (χ1n) is 6.45. The van der Waals surface area contributed by atoms with Crippen LogP contribution in [-0.2, 0) is 9.53 Å². The van der Waals surface area contributed by atoms with Crippen LogP contribution in [0.1, 0.15) is 20.8 Å². The van der Waals surface area contributed by atoms with Gasteiger partial charge in [0.25, 0.3) is 0 Å². The van der Waals surface area contributed by atoms with E-state index in [9.17, 15) is 14.4 Å². The molecule has 0 fully saturated rings. The highest BCUT2D eigenvalue weighted by Crippen LogP contribution is 2.14. The number of aromatic amines is 2. The van der Waals surface area contributed by atoms with E-state index in [1.54, 1.807) is 18.2 Å². The molecule has 112 valence electrons. The molecule has 7 heteroatoms. The van der Waals surface area contributed by atoms with E-state index in [1.807, 2.05) is 20.8 Å². The van der Waals surface area contributed by atoms with Crippen molar-refractivity contribution in [3.8, 4) is 0 Å². The zero-order valence-electron chi connectivity index (χ0n) is 12.1. The van der Waals surface area contributed by atoms with Gasteiger partial charge in [-0.05, 0) is 39.0 Å². The minimum atomic E-state index is -0.734. The molecule has 0 spiro atoms. The molecule has 1 aromatic carbocycles. The molecule has 1 amide bonds. The summed E-state index contributed by atoms with van der Waals surface area (Å²) in [6.45, 7) is 5.51. The first-order chi connectivity index (χ1) is 9.74. The number of anilines is 1. The maximum atomic E-state index is 11.8. The Hall–Kier alpha value is -2.41. The van der Waals surface area contributed by atoms with Crippen LogP contribution >= 0.6 is 0 Å². The Kier molecular flexibility index (Phi) is 3.95. The van der Waals surface area contributed by atoms with Crippen molar-refractivity contribution in [2.45, 2.75) is 26.4 Å². The third-order valence-corrected chi connectivity index (χ3v) is 2.64. The number of hydrogen-bond acceptors (Lipinski definition) is 4. The molecule has 0 aliphatic heterocycles. The van der Waals surface area contributed by atoms with Gasteiger partial charge in [-0.15, -0.1) is 0 Å². The number of rotatable bonds is 3. The summed E-state index contributed by atoms with van der Waals surface area (Å²) in [4.78, 5) is 39.1. The second-order valence-corrected chi connectivity index (χ2v) is 5.62. The van der Waals surface area contributed by atoms with E-state index in [1.165, 1.54) is 0 Å². The second-order valence-electron chi connectivity index (χ2n) is 5.62. The molecule has 0 unspecified atom stereocenters. The van der Waals surface area contributed by atoms with E-state index in [-0.39, 0.29) is 12.5 Å². The SMILES string of the molecule is CC(C)(C)OCC(=O)Nc1ccc2[nH]c(=O)c(=O)[nH]c2c1. The number of hydrogen-bond donors (Lipinski definition) is 3. The summed E-state index contributed by atoms with van der Waals surface area (Å²) in [7, 11) is 0. The number of benzene rings is 1. The van der Waals surface area contributed by atoms with Gasteiger partial charge < -0.3 is 20.0 Å². The van der Waals surface area contributed by atoms with E-state index >= 15 is 0 Å². The van der Waals surface area contributed by atoms with E-state index < -0.39 is 16.7 Å². The highest BCUT2D eigenvalue weighted by molar-refractivity contribution is 5.93. The molecule has 0 bridgehead atoms. The molecule has 0 atom stereocenters. The lowest BCUT2D eigenvalue weighted by Crippen LogP contribution is -2.29. The molecule has 0 radical (unpaired) electrons. The number of H-pyrrole nitrogens is 2. The molecule has 0 saturated carbocycles. The molecule has 7 nitrogen and oxygen atoms in total. The number of ether oxygens (including phenoxy) is 1. The zero-order chi connectivity index (χ0) is 15.6. The first-order valence-corrected chi connectivity index (χ1v) is 6.45. The van der Waals surface area contributed by atoms with Crippen molar-refractivity contribution in [1.82, 2.24) is 9.97 Å². The lowest BCUT2D eigenvalue weighted by atomic mass is 10.2. The zero-order valence-corrected chi connectivity index (χ0v) is 12.1. The normalized spacial score (nSPS) is 11.6. The number of fused-ring (bicyclic) bond motifs is 1. The highest BCUT2D eigenvalue weighted by atomic mass is 16.5. The van der Waals surface area contributed by atoms with Crippen molar-refractivity contribution in [2.24, 2.45) is 0 Å². The third-order valence-electron chi connectivity index (χ3n) is 2.64. The first kappa shape index (κ1) is 15.0.